The second-order valence-corrected chi connectivity index (χ2v) is 6.02. The van der Waals surface area contributed by atoms with Crippen LogP contribution in [0.2, 0.25) is 0 Å². The first kappa shape index (κ1) is 13.5. The second kappa shape index (κ2) is 5.17. The summed E-state index contributed by atoms with van der Waals surface area (Å²) >= 11 is 0. The first-order valence-corrected chi connectivity index (χ1v) is 6.30. The molecule has 1 aliphatic rings. The van der Waals surface area contributed by atoms with Crippen molar-refractivity contribution in [3.05, 3.63) is 0 Å². The maximum atomic E-state index is 11.7. The standard InChI is InChI=1S/C13H25NO2/c1-9(2)11(15)13(3,4)8-14-12(16)10-6-5-7-10/h9-11,15H,5-8H2,1-4H3,(H,14,16). The molecule has 1 atom stereocenters. The monoisotopic (exact) mass is 227 g/mol. The van der Waals surface area contributed by atoms with E-state index < -0.39 is 0 Å². The Kier molecular flexibility index (Phi) is 4.36. The summed E-state index contributed by atoms with van der Waals surface area (Å²) < 4.78 is 0. The molecule has 0 aromatic rings. The molecule has 3 nitrogen and oxygen atoms in total. The molecule has 1 unspecified atom stereocenters. The fraction of sp³-hybridized carbons (Fsp3) is 0.923. The predicted molar refractivity (Wildman–Crippen MR) is 65.0 cm³/mol. The summed E-state index contributed by atoms with van der Waals surface area (Å²) in [6.45, 7) is 8.56. The van der Waals surface area contributed by atoms with Gasteiger partial charge in [-0.1, -0.05) is 34.1 Å². The third-order valence-corrected chi connectivity index (χ3v) is 3.63. The molecule has 0 heterocycles. The molecule has 0 saturated heterocycles. The van der Waals surface area contributed by atoms with Crippen LogP contribution in [-0.2, 0) is 4.79 Å². The molecule has 1 aliphatic carbocycles. The number of hydrogen-bond acceptors (Lipinski definition) is 2. The number of rotatable bonds is 5. The van der Waals surface area contributed by atoms with Gasteiger partial charge >= 0.3 is 0 Å². The van der Waals surface area contributed by atoms with Crippen LogP contribution in [0.15, 0.2) is 0 Å². The van der Waals surface area contributed by atoms with Crippen LogP contribution in [0.1, 0.15) is 47.0 Å². The van der Waals surface area contributed by atoms with Gasteiger partial charge in [-0.3, -0.25) is 4.79 Å². The molecule has 16 heavy (non-hydrogen) atoms. The van der Waals surface area contributed by atoms with E-state index in [4.69, 9.17) is 0 Å². The van der Waals surface area contributed by atoms with Crippen LogP contribution in [0.3, 0.4) is 0 Å². The van der Waals surface area contributed by atoms with Crippen molar-refractivity contribution in [2.24, 2.45) is 17.3 Å². The summed E-state index contributed by atoms with van der Waals surface area (Å²) in [4.78, 5) is 11.7. The fourth-order valence-electron chi connectivity index (χ4n) is 2.14. The van der Waals surface area contributed by atoms with E-state index in [0.29, 0.717) is 6.54 Å². The lowest BCUT2D eigenvalue weighted by molar-refractivity contribution is -0.128. The van der Waals surface area contributed by atoms with E-state index in [0.717, 1.165) is 12.8 Å². The average Bonchev–Trinajstić information content (AvgIpc) is 2.10. The van der Waals surface area contributed by atoms with Crippen molar-refractivity contribution < 1.29 is 9.90 Å². The van der Waals surface area contributed by atoms with E-state index in [9.17, 15) is 9.90 Å². The van der Waals surface area contributed by atoms with Gasteiger partial charge < -0.3 is 10.4 Å². The first-order chi connectivity index (χ1) is 7.34. The van der Waals surface area contributed by atoms with Crippen LogP contribution in [0, 0.1) is 17.3 Å². The van der Waals surface area contributed by atoms with E-state index in [1.165, 1.54) is 6.42 Å². The highest BCUT2D eigenvalue weighted by molar-refractivity contribution is 5.79. The Bertz CT molecular complexity index is 244. The fourth-order valence-corrected chi connectivity index (χ4v) is 2.14. The highest BCUT2D eigenvalue weighted by atomic mass is 16.3. The molecule has 1 fully saturated rings. The largest absolute Gasteiger partial charge is 0.392 e. The zero-order valence-electron chi connectivity index (χ0n) is 10.9. The summed E-state index contributed by atoms with van der Waals surface area (Å²) in [5.74, 6) is 0.609. The minimum absolute atomic E-state index is 0.162. The summed E-state index contributed by atoms with van der Waals surface area (Å²) in [6, 6.07) is 0. The number of hydrogen-bond donors (Lipinski definition) is 2. The Morgan fingerprint density at radius 1 is 1.44 bits per heavy atom. The summed E-state index contributed by atoms with van der Waals surface area (Å²) in [6.07, 6.45) is 2.85. The quantitative estimate of drug-likeness (QED) is 0.754. The zero-order chi connectivity index (χ0) is 12.3. The predicted octanol–water partition coefficient (Wildman–Crippen LogP) is 1.95. The SMILES string of the molecule is CC(C)C(O)C(C)(C)CNC(=O)C1CCC1. The molecular formula is C13H25NO2. The van der Waals surface area contributed by atoms with Crippen molar-refractivity contribution in [1.29, 1.82) is 0 Å². The zero-order valence-corrected chi connectivity index (χ0v) is 10.9. The van der Waals surface area contributed by atoms with Crippen LogP contribution >= 0.6 is 0 Å². The van der Waals surface area contributed by atoms with E-state index >= 15 is 0 Å². The van der Waals surface area contributed by atoms with Gasteiger partial charge in [0.05, 0.1) is 6.10 Å². The molecule has 1 amide bonds. The minimum atomic E-state index is -0.380. The Morgan fingerprint density at radius 2 is 2.00 bits per heavy atom. The molecule has 0 radical (unpaired) electrons. The summed E-state index contributed by atoms with van der Waals surface area (Å²) in [7, 11) is 0. The highest BCUT2D eigenvalue weighted by Crippen LogP contribution is 2.28. The maximum absolute atomic E-state index is 11.7. The maximum Gasteiger partial charge on any atom is 0.223 e. The smallest absolute Gasteiger partial charge is 0.223 e. The van der Waals surface area contributed by atoms with Crippen LogP contribution in [-0.4, -0.2) is 23.7 Å². The average molecular weight is 227 g/mol. The number of aliphatic hydroxyl groups is 1. The lowest BCUT2D eigenvalue weighted by Crippen LogP contribution is -2.45. The highest BCUT2D eigenvalue weighted by Gasteiger charge is 2.32. The Hall–Kier alpha value is -0.570. The first-order valence-electron chi connectivity index (χ1n) is 6.30. The molecule has 2 N–H and O–H groups in total. The molecule has 3 heteroatoms. The summed E-state index contributed by atoms with van der Waals surface area (Å²) in [5.41, 5.74) is -0.256. The van der Waals surface area contributed by atoms with Crippen LogP contribution < -0.4 is 5.32 Å². The molecule has 0 aromatic heterocycles. The number of carbonyl (C=O) groups excluding carboxylic acids is 1. The number of nitrogens with one attached hydrogen (secondary N) is 1. The molecule has 0 bridgehead atoms. The van der Waals surface area contributed by atoms with Crippen molar-refractivity contribution in [1.82, 2.24) is 5.32 Å². The number of amides is 1. The molecular weight excluding hydrogens is 202 g/mol. The van der Waals surface area contributed by atoms with E-state index in [1.807, 2.05) is 27.7 Å². The lowest BCUT2D eigenvalue weighted by Gasteiger charge is -2.34. The molecule has 0 aliphatic heterocycles. The second-order valence-electron chi connectivity index (χ2n) is 6.02. The topological polar surface area (TPSA) is 49.3 Å². The van der Waals surface area contributed by atoms with Crippen LogP contribution in [0.5, 0.6) is 0 Å². The Balaban J connectivity index is 2.37. The molecule has 0 spiro atoms. The number of aliphatic hydroxyl groups excluding tert-OH is 1. The molecule has 1 rings (SSSR count). The molecule has 0 aromatic carbocycles. The van der Waals surface area contributed by atoms with Gasteiger partial charge in [0.15, 0.2) is 0 Å². The third-order valence-electron chi connectivity index (χ3n) is 3.63. The minimum Gasteiger partial charge on any atom is -0.392 e. The molecule has 94 valence electrons. The molecule has 1 saturated carbocycles. The van der Waals surface area contributed by atoms with Crippen molar-refractivity contribution in [2.45, 2.75) is 53.1 Å². The lowest BCUT2D eigenvalue weighted by atomic mass is 9.80. The van der Waals surface area contributed by atoms with Crippen molar-refractivity contribution in [2.75, 3.05) is 6.54 Å². The van der Waals surface area contributed by atoms with Crippen LogP contribution in [0.25, 0.3) is 0 Å². The van der Waals surface area contributed by atoms with Crippen molar-refractivity contribution >= 4 is 5.91 Å². The summed E-state index contributed by atoms with van der Waals surface area (Å²) in [5, 5.41) is 13.0. The van der Waals surface area contributed by atoms with E-state index in [-0.39, 0.29) is 29.3 Å². The van der Waals surface area contributed by atoms with Gasteiger partial charge in [-0.25, -0.2) is 0 Å². The van der Waals surface area contributed by atoms with Gasteiger partial charge in [0.2, 0.25) is 5.91 Å². The van der Waals surface area contributed by atoms with Gasteiger partial charge in [0, 0.05) is 17.9 Å². The van der Waals surface area contributed by atoms with Crippen LogP contribution in [0.4, 0.5) is 0 Å². The third kappa shape index (κ3) is 3.21. The van der Waals surface area contributed by atoms with Gasteiger partial charge in [-0.05, 0) is 18.8 Å². The van der Waals surface area contributed by atoms with E-state index in [2.05, 4.69) is 5.32 Å². The van der Waals surface area contributed by atoms with Gasteiger partial charge in [0.1, 0.15) is 0 Å². The van der Waals surface area contributed by atoms with Gasteiger partial charge in [-0.15, -0.1) is 0 Å². The van der Waals surface area contributed by atoms with Gasteiger partial charge in [-0.2, -0.15) is 0 Å². The van der Waals surface area contributed by atoms with Gasteiger partial charge in [0.25, 0.3) is 0 Å². The van der Waals surface area contributed by atoms with E-state index in [1.54, 1.807) is 0 Å². The number of carbonyl (C=O) groups is 1. The Morgan fingerprint density at radius 3 is 2.38 bits per heavy atom. The van der Waals surface area contributed by atoms with Crippen molar-refractivity contribution in [3.63, 3.8) is 0 Å². The normalized spacial score (nSPS) is 19.4. The Labute approximate surface area is 98.6 Å². The van der Waals surface area contributed by atoms with Crippen molar-refractivity contribution in [3.8, 4) is 0 Å².